The van der Waals surface area contributed by atoms with Gasteiger partial charge in [-0.3, -0.25) is 0 Å². The molecule has 0 spiro atoms. The van der Waals surface area contributed by atoms with E-state index in [9.17, 15) is 5.11 Å². The summed E-state index contributed by atoms with van der Waals surface area (Å²) in [5, 5.41) is 10.5. The molecule has 2 rings (SSSR count). The van der Waals surface area contributed by atoms with Crippen LogP contribution in [0.25, 0.3) is 0 Å². The van der Waals surface area contributed by atoms with Crippen LogP contribution in [0.2, 0.25) is 0 Å². The van der Waals surface area contributed by atoms with Crippen LogP contribution >= 0.6 is 0 Å². The topological polar surface area (TPSA) is 38.7 Å². The van der Waals surface area contributed by atoms with Crippen LogP contribution in [0.3, 0.4) is 0 Å². The third-order valence-electron chi connectivity index (χ3n) is 3.10. The molecule has 0 aliphatic carbocycles. The Bertz CT molecular complexity index is 350. The fourth-order valence-electron chi connectivity index (χ4n) is 2.09. The molecule has 1 N–H and O–H groups in total. The van der Waals surface area contributed by atoms with Crippen LogP contribution in [0.15, 0.2) is 24.3 Å². The van der Waals surface area contributed by atoms with Crippen molar-refractivity contribution in [3.05, 3.63) is 29.8 Å². The maximum absolute atomic E-state index is 10.5. The van der Waals surface area contributed by atoms with E-state index in [0.717, 1.165) is 11.3 Å². The quantitative estimate of drug-likeness (QED) is 0.803. The van der Waals surface area contributed by atoms with Gasteiger partial charge in [0, 0.05) is 12.0 Å². The summed E-state index contributed by atoms with van der Waals surface area (Å²) in [6, 6.07) is 7.55. The van der Waals surface area contributed by atoms with Gasteiger partial charge in [0.25, 0.3) is 0 Å². The lowest BCUT2D eigenvalue weighted by Crippen LogP contribution is -2.33. The van der Waals surface area contributed by atoms with E-state index in [0.29, 0.717) is 13.0 Å². The molecule has 1 aliphatic heterocycles. The molecular weight excluding hydrogens is 192 g/mol. The van der Waals surface area contributed by atoms with Crippen LogP contribution in [0.1, 0.15) is 18.9 Å². The largest absolute Gasteiger partial charge is 0.496 e. The van der Waals surface area contributed by atoms with Gasteiger partial charge in [-0.1, -0.05) is 18.2 Å². The van der Waals surface area contributed by atoms with E-state index < -0.39 is 5.60 Å². The molecule has 1 saturated heterocycles. The summed E-state index contributed by atoms with van der Waals surface area (Å²) in [5.74, 6) is 0.720. The molecule has 3 heteroatoms. The molecule has 0 aromatic heterocycles. The Balaban J connectivity index is 2.43. The molecule has 0 saturated carbocycles. The molecule has 0 bridgehead atoms. The molecule has 2 atom stereocenters. The second kappa shape index (κ2) is 3.83. The van der Waals surface area contributed by atoms with Gasteiger partial charge in [-0.15, -0.1) is 0 Å². The van der Waals surface area contributed by atoms with Gasteiger partial charge in [0.05, 0.1) is 19.8 Å². The molecule has 0 radical (unpaired) electrons. The van der Waals surface area contributed by atoms with Crippen molar-refractivity contribution in [2.45, 2.75) is 25.0 Å². The Hall–Kier alpha value is -1.06. The van der Waals surface area contributed by atoms with E-state index >= 15 is 0 Å². The molecule has 2 unspecified atom stereocenters. The SMILES string of the molecule is COc1ccccc1C1(O)CCOC1C. The van der Waals surface area contributed by atoms with E-state index in [1.165, 1.54) is 0 Å². The minimum Gasteiger partial charge on any atom is -0.496 e. The van der Waals surface area contributed by atoms with Crippen LogP contribution < -0.4 is 4.74 Å². The molecule has 1 heterocycles. The van der Waals surface area contributed by atoms with E-state index in [1.807, 2.05) is 31.2 Å². The zero-order valence-corrected chi connectivity index (χ0v) is 9.06. The lowest BCUT2D eigenvalue weighted by atomic mass is 9.87. The van der Waals surface area contributed by atoms with Gasteiger partial charge in [-0.25, -0.2) is 0 Å². The zero-order valence-electron chi connectivity index (χ0n) is 9.06. The first-order valence-electron chi connectivity index (χ1n) is 5.16. The predicted octanol–water partition coefficient (Wildman–Crippen LogP) is 1.69. The van der Waals surface area contributed by atoms with E-state index in [1.54, 1.807) is 7.11 Å². The van der Waals surface area contributed by atoms with Crippen molar-refractivity contribution >= 4 is 0 Å². The van der Waals surface area contributed by atoms with Crippen molar-refractivity contribution < 1.29 is 14.6 Å². The number of hydrogen-bond acceptors (Lipinski definition) is 3. The van der Waals surface area contributed by atoms with Gasteiger partial charge in [-0.2, -0.15) is 0 Å². The van der Waals surface area contributed by atoms with E-state index in [2.05, 4.69) is 0 Å². The molecule has 1 fully saturated rings. The first kappa shape index (κ1) is 10.5. The lowest BCUT2D eigenvalue weighted by Gasteiger charge is -2.27. The summed E-state index contributed by atoms with van der Waals surface area (Å²) in [4.78, 5) is 0. The minimum absolute atomic E-state index is 0.186. The van der Waals surface area contributed by atoms with Crippen LogP contribution in [0, 0.1) is 0 Å². The highest BCUT2D eigenvalue weighted by molar-refractivity contribution is 5.39. The van der Waals surface area contributed by atoms with Gasteiger partial charge < -0.3 is 14.6 Å². The first-order valence-corrected chi connectivity index (χ1v) is 5.16. The van der Waals surface area contributed by atoms with Crippen molar-refractivity contribution in [3.63, 3.8) is 0 Å². The van der Waals surface area contributed by atoms with Crippen LogP contribution in [-0.2, 0) is 10.3 Å². The Morgan fingerprint density at radius 1 is 1.47 bits per heavy atom. The number of benzene rings is 1. The Morgan fingerprint density at radius 3 is 2.80 bits per heavy atom. The lowest BCUT2D eigenvalue weighted by molar-refractivity contribution is -0.0330. The fourth-order valence-corrected chi connectivity index (χ4v) is 2.09. The number of para-hydroxylation sites is 1. The highest BCUT2D eigenvalue weighted by atomic mass is 16.5. The average molecular weight is 208 g/mol. The van der Waals surface area contributed by atoms with Gasteiger partial charge in [0.1, 0.15) is 11.4 Å². The zero-order chi connectivity index (χ0) is 10.9. The number of rotatable bonds is 2. The predicted molar refractivity (Wildman–Crippen MR) is 56.9 cm³/mol. The first-order chi connectivity index (χ1) is 7.18. The maximum Gasteiger partial charge on any atom is 0.125 e. The van der Waals surface area contributed by atoms with Crippen molar-refractivity contribution in [1.82, 2.24) is 0 Å². The van der Waals surface area contributed by atoms with Crippen molar-refractivity contribution in [2.24, 2.45) is 0 Å². The highest BCUT2D eigenvalue weighted by Gasteiger charge is 2.42. The summed E-state index contributed by atoms with van der Waals surface area (Å²) in [7, 11) is 1.61. The third kappa shape index (κ3) is 1.62. The highest BCUT2D eigenvalue weighted by Crippen LogP contribution is 2.40. The number of aliphatic hydroxyl groups is 1. The maximum atomic E-state index is 10.5. The summed E-state index contributed by atoms with van der Waals surface area (Å²) in [6.07, 6.45) is 0.433. The summed E-state index contributed by atoms with van der Waals surface area (Å²) in [6.45, 7) is 2.48. The van der Waals surface area contributed by atoms with Crippen LogP contribution in [0.4, 0.5) is 0 Å². The number of methoxy groups -OCH3 is 1. The standard InChI is InChI=1S/C12H16O3/c1-9-12(13,7-8-15-9)10-5-3-4-6-11(10)14-2/h3-6,9,13H,7-8H2,1-2H3. The van der Waals surface area contributed by atoms with E-state index in [4.69, 9.17) is 9.47 Å². The summed E-state index contributed by atoms with van der Waals surface area (Å²) in [5.41, 5.74) is -0.0930. The Labute approximate surface area is 89.6 Å². The summed E-state index contributed by atoms with van der Waals surface area (Å²) >= 11 is 0. The summed E-state index contributed by atoms with van der Waals surface area (Å²) < 4.78 is 10.7. The molecule has 1 aliphatic rings. The monoisotopic (exact) mass is 208 g/mol. The number of ether oxygens (including phenoxy) is 2. The van der Waals surface area contributed by atoms with E-state index in [-0.39, 0.29) is 6.10 Å². The molecular formula is C12H16O3. The van der Waals surface area contributed by atoms with Gasteiger partial charge in [0.2, 0.25) is 0 Å². The number of hydrogen-bond donors (Lipinski definition) is 1. The second-order valence-electron chi connectivity index (χ2n) is 3.89. The second-order valence-corrected chi connectivity index (χ2v) is 3.89. The van der Waals surface area contributed by atoms with Crippen molar-refractivity contribution in [3.8, 4) is 5.75 Å². The van der Waals surface area contributed by atoms with Gasteiger partial charge in [0.15, 0.2) is 0 Å². The molecule has 0 amide bonds. The third-order valence-corrected chi connectivity index (χ3v) is 3.10. The van der Waals surface area contributed by atoms with Gasteiger partial charge >= 0.3 is 0 Å². The molecule has 15 heavy (non-hydrogen) atoms. The molecule has 1 aromatic carbocycles. The molecule has 82 valence electrons. The minimum atomic E-state index is -0.910. The normalized spacial score (nSPS) is 30.5. The Kier molecular flexibility index (Phi) is 2.67. The molecule has 1 aromatic rings. The smallest absolute Gasteiger partial charge is 0.125 e. The van der Waals surface area contributed by atoms with Crippen molar-refractivity contribution in [1.29, 1.82) is 0 Å². The molecule has 3 nitrogen and oxygen atoms in total. The Morgan fingerprint density at radius 2 is 2.20 bits per heavy atom. The van der Waals surface area contributed by atoms with Gasteiger partial charge in [-0.05, 0) is 13.0 Å². The average Bonchev–Trinajstić information content (AvgIpc) is 2.60. The fraction of sp³-hybridized carbons (Fsp3) is 0.500. The van der Waals surface area contributed by atoms with Crippen LogP contribution in [0.5, 0.6) is 5.75 Å². The van der Waals surface area contributed by atoms with Crippen molar-refractivity contribution in [2.75, 3.05) is 13.7 Å². The van der Waals surface area contributed by atoms with Crippen LogP contribution in [-0.4, -0.2) is 24.9 Å².